The van der Waals surface area contributed by atoms with Crippen LogP contribution >= 0.6 is 0 Å². The Morgan fingerprint density at radius 2 is 2.00 bits per heavy atom. The van der Waals surface area contributed by atoms with E-state index in [1.165, 1.54) is 12.8 Å². The molecular weight excluding hydrogens is 124 g/mol. The zero-order valence-corrected chi connectivity index (χ0v) is 7.14. The first-order valence-electron chi connectivity index (χ1n) is 4.18. The van der Waals surface area contributed by atoms with Crippen molar-refractivity contribution in [2.45, 2.75) is 39.2 Å². The van der Waals surface area contributed by atoms with E-state index >= 15 is 0 Å². The minimum Gasteiger partial charge on any atom is -0.330 e. The van der Waals surface area contributed by atoms with Crippen molar-refractivity contribution in [3.8, 4) is 0 Å². The second kappa shape index (κ2) is 5.69. The van der Waals surface area contributed by atoms with Crippen LogP contribution in [0.4, 0.5) is 0 Å². The minimum absolute atomic E-state index is 0.310. The molecule has 2 atom stereocenters. The summed E-state index contributed by atoms with van der Waals surface area (Å²) in [7, 11) is 0. The largest absolute Gasteiger partial charge is 0.330 e. The van der Waals surface area contributed by atoms with Crippen LogP contribution in [0.1, 0.15) is 33.1 Å². The van der Waals surface area contributed by atoms with Crippen molar-refractivity contribution in [2.24, 2.45) is 17.4 Å². The highest BCUT2D eigenvalue weighted by atomic mass is 14.7. The third-order valence-corrected chi connectivity index (χ3v) is 1.99. The van der Waals surface area contributed by atoms with Crippen molar-refractivity contribution in [1.82, 2.24) is 0 Å². The van der Waals surface area contributed by atoms with Gasteiger partial charge in [-0.15, -0.1) is 0 Å². The SMILES string of the molecule is CCCCC(N)C(C)CN. The fraction of sp³-hybridized carbons (Fsp3) is 1.00. The maximum Gasteiger partial charge on any atom is 0.00765 e. The van der Waals surface area contributed by atoms with Crippen molar-refractivity contribution in [3.05, 3.63) is 0 Å². The van der Waals surface area contributed by atoms with Crippen LogP contribution in [0, 0.1) is 5.92 Å². The van der Waals surface area contributed by atoms with Gasteiger partial charge in [-0.3, -0.25) is 0 Å². The molecule has 0 aliphatic rings. The lowest BCUT2D eigenvalue weighted by Crippen LogP contribution is -2.32. The van der Waals surface area contributed by atoms with E-state index in [0.717, 1.165) is 6.42 Å². The standard InChI is InChI=1S/C8H20N2/c1-3-4-5-8(10)7(2)6-9/h7-8H,3-6,9-10H2,1-2H3. The molecule has 0 aromatic carbocycles. The summed E-state index contributed by atoms with van der Waals surface area (Å²) < 4.78 is 0. The summed E-state index contributed by atoms with van der Waals surface area (Å²) in [6, 6.07) is 0.310. The number of hydrogen-bond donors (Lipinski definition) is 2. The van der Waals surface area contributed by atoms with Crippen LogP contribution in [0.25, 0.3) is 0 Å². The summed E-state index contributed by atoms with van der Waals surface area (Å²) in [5.74, 6) is 0.478. The van der Waals surface area contributed by atoms with E-state index in [1.54, 1.807) is 0 Å². The Bertz CT molecular complexity index is 73.7. The van der Waals surface area contributed by atoms with Gasteiger partial charge in [0.25, 0.3) is 0 Å². The van der Waals surface area contributed by atoms with Crippen LogP contribution in [-0.2, 0) is 0 Å². The van der Waals surface area contributed by atoms with E-state index in [4.69, 9.17) is 11.5 Å². The molecule has 2 nitrogen and oxygen atoms in total. The number of rotatable bonds is 5. The molecule has 0 radical (unpaired) electrons. The predicted octanol–water partition coefficient (Wildman–Crippen LogP) is 1.10. The molecule has 0 fully saturated rings. The highest BCUT2D eigenvalue weighted by Gasteiger charge is 2.08. The molecule has 0 saturated heterocycles. The quantitative estimate of drug-likeness (QED) is 0.607. The molecule has 0 aliphatic carbocycles. The molecule has 0 aromatic rings. The lowest BCUT2D eigenvalue weighted by Gasteiger charge is -2.17. The first-order chi connectivity index (χ1) is 4.72. The third kappa shape index (κ3) is 3.85. The lowest BCUT2D eigenvalue weighted by molar-refractivity contribution is 0.428. The van der Waals surface area contributed by atoms with Crippen LogP contribution < -0.4 is 11.5 Å². The van der Waals surface area contributed by atoms with Gasteiger partial charge in [0.05, 0.1) is 0 Å². The van der Waals surface area contributed by atoms with Gasteiger partial charge in [-0.2, -0.15) is 0 Å². The highest BCUT2D eigenvalue weighted by molar-refractivity contribution is 4.68. The molecule has 0 heterocycles. The van der Waals surface area contributed by atoms with Gasteiger partial charge in [-0.05, 0) is 18.9 Å². The van der Waals surface area contributed by atoms with Gasteiger partial charge in [-0.25, -0.2) is 0 Å². The maximum absolute atomic E-state index is 5.83. The first-order valence-corrected chi connectivity index (χ1v) is 4.18. The molecule has 2 heteroatoms. The molecule has 62 valence electrons. The summed E-state index contributed by atoms with van der Waals surface area (Å²) in [5, 5.41) is 0. The predicted molar refractivity (Wildman–Crippen MR) is 45.7 cm³/mol. The summed E-state index contributed by atoms with van der Waals surface area (Å²) in [6.07, 6.45) is 3.57. The van der Waals surface area contributed by atoms with Crippen molar-refractivity contribution in [1.29, 1.82) is 0 Å². The normalized spacial score (nSPS) is 16.8. The summed E-state index contributed by atoms with van der Waals surface area (Å²) >= 11 is 0. The van der Waals surface area contributed by atoms with Crippen molar-refractivity contribution >= 4 is 0 Å². The average molecular weight is 144 g/mol. The van der Waals surface area contributed by atoms with Gasteiger partial charge in [0.15, 0.2) is 0 Å². The Morgan fingerprint density at radius 1 is 1.40 bits per heavy atom. The second-order valence-corrected chi connectivity index (χ2v) is 3.02. The van der Waals surface area contributed by atoms with E-state index in [1.807, 2.05) is 0 Å². The first kappa shape index (κ1) is 9.92. The molecule has 0 rings (SSSR count). The number of hydrogen-bond acceptors (Lipinski definition) is 2. The summed E-state index contributed by atoms with van der Waals surface area (Å²) in [6.45, 7) is 5.00. The molecule has 0 amide bonds. The van der Waals surface area contributed by atoms with Gasteiger partial charge in [0.1, 0.15) is 0 Å². The molecular formula is C8H20N2. The Labute approximate surface area is 64.0 Å². The molecule has 0 saturated carbocycles. The molecule has 10 heavy (non-hydrogen) atoms. The Kier molecular flexibility index (Phi) is 5.64. The van der Waals surface area contributed by atoms with Gasteiger partial charge < -0.3 is 11.5 Å². The Hall–Kier alpha value is -0.0800. The van der Waals surface area contributed by atoms with Crippen LogP contribution in [0.2, 0.25) is 0 Å². The Morgan fingerprint density at radius 3 is 2.40 bits per heavy atom. The van der Waals surface area contributed by atoms with Crippen molar-refractivity contribution in [3.63, 3.8) is 0 Å². The smallest absolute Gasteiger partial charge is 0.00765 e. The van der Waals surface area contributed by atoms with Crippen LogP contribution in [0.3, 0.4) is 0 Å². The summed E-state index contributed by atoms with van der Waals surface area (Å²) in [4.78, 5) is 0. The topological polar surface area (TPSA) is 52.0 Å². The van der Waals surface area contributed by atoms with E-state index in [9.17, 15) is 0 Å². The van der Waals surface area contributed by atoms with Crippen LogP contribution in [0.15, 0.2) is 0 Å². The van der Waals surface area contributed by atoms with Gasteiger partial charge in [0.2, 0.25) is 0 Å². The highest BCUT2D eigenvalue weighted by Crippen LogP contribution is 2.06. The number of unbranched alkanes of at least 4 members (excludes halogenated alkanes) is 1. The molecule has 0 aliphatic heterocycles. The zero-order chi connectivity index (χ0) is 7.98. The zero-order valence-electron chi connectivity index (χ0n) is 7.14. The van der Waals surface area contributed by atoms with Gasteiger partial charge >= 0.3 is 0 Å². The summed E-state index contributed by atoms with van der Waals surface area (Å²) in [5.41, 5.74) is 11.3. The van der Waals surface area contributed by atoms with Crippen LogP contribution in [-0.4, -0.2) is 12.6 Å². The van der Waals surface area contributed by atoms with Crippen molar-refractivity contribution in [2.75, 3.05) is 6.54 Å². The average Bonchev–Trinajstić information content (AvgIpc) is 1.98. The molecule has 0 bridgehead atoms. The third-order valence-electron chi connectivity index (χ3n) is 1.99. The van der Waals surface area contributed by atoms with Crippen LogP contribution in [0.5, 0.6) is 0 Å². The molecule has 4 N–H and O–H groups in total. The molecule has 0 aromatic heterocycles. The van der Waals surface area contributed by atoms with E-state index in [2.05, 4.69) is 13.8 Å². The van der Waals surface area contributed by atoms with Gasteiger partial charge in [0, 0.05) is 6.04 Å². The second-order valence-electron chi connectivity index (χ2n) is 3.02. The van der Waals surface area contributed by atoms with E-state index in [-0.39, 0.29) is 0 Å². The van der Waals surface area contributed by atoms with Crippen molar-refractivity contribution < 1.29 is 0 Å². The van der Waals surface area contributed by atoms with E-state index in [0.29, 0.717) is 18.5 Å². The Balaban J connectivity index is 3.31. The molecule has 0 spiro atoms. The van der Waals surface area contributed by atoms with Gasteiger partial charge in [-0.1, -0.05) is 26.7 Å². The fourth-order valence-electron chi connectivity index (χ4n) is 0.899. The van der Waals surface area contributed by atoms with E-state index < -0.39 is 0 Å². The monoisotopic (exact) mass is 144 g/mol. The molecule has 2 unspecified atom stereocenters. The minimum atomic E-state index is 0.310. The fourth-order valence-corrected chi connectivity index (χ4v) is 0.899. The number of nitrogens with two attached hydrogens (primary N) is 2. The maximum atomic E-state index is 5.83. The lowest BCUT2D eigenvalue weighted by atomic mass is 9.98.